The number of nitrogens with one attached hydrogen (secondary N) is 1. The van der Waals surface area contributed by atoms with E-state index in [1.807, 2.05) is 0 Å². The number of amides is 1. The van der Waals surface area contributed by atoms with E-state index in [0.29, 0.717) is 23.0 Å². The van der Waals surface area contributed by atoms with Gasteiger partial charge in [0.1, 0.15) is 0 Å². The predicted molar refractivity (Wildman–Crippen MR) is 74.3 cm³/mol. The lowest BCUT2D eigenvalue weighted by molar-refractivity contribution is 0.0945. The highest BCUT2D eigenvalue weighted by Crippen LogP contribution is 2.65. The maximum absolute atomic E-state index is 12.3. The van der Waals surface area contributed by atoms with E-state index in [-0.39, 0.29) is 5.91 Å². The largest absolute Gasteiger partial charge is 0.399 e. The first kappa shape index (κ1) is 11.1. The SMILES string of the molecule is Nc1ccc(C(=O)NC2C3C4CCC(C4)C23)c(N)c1. The lowest BCUT2D eigenvalue weighted by Crippen LogP contribution is -2.30. The van der Waals surface area contributed by atoms with Crippen LogP contribution in [0.1, 0.15) is 29.6 Å². The minimum absolute atomic E-state index is 0.0451. The smallest absolute Gasteiger partial charge is 0.253 e. The van der Waals surface area contributed by atoms with Crippen molar-refractivity contribution in [1.82, 2.24) is 5.32 Å². The minimum Gasteiger partial charge on any atom is -0.399 e. The van der Waals surface area contributed by atoms with Crippen molar-refractivity contribution in [3.8, 4) is 0 Å². The summed E-state index contributed by atoms with van der Waals surface area (Å²) in [7, 11) is 0. The van der Waals surface area contributed by atoms with Crippen molar-refractivity contribution in [3.63, 3.8) is 0 Å². The van der Waals surface area contributed by atoms with Gasteiger partial charge in [-0.1, -0.05) is 0 Å². The van der Waals surface area contributed by atoms with Crippen molar-refractivity contribution >= 4 is 17.3 Å². The Morgan fingerprint density at radius 1 is 1.16 bits per heavy atom. The fourth-order valence-electron chi connectivity index (χ4n) is 4.54. The van der Waals surface area contributed by atoms with E-state index >= 15 is 0 Å². The number of fused-ring (bicyclic) bond motifs is 5. The number of carbonyl (C=O) groups is 1. The molecule has 3 saturated carbocycles. The molecule has 19 heavy (non-hydrogen) atoms. The van der Waals surface area contributed by atoms with Gasteiger partial charge in [-0.3, -0.25) is 4.79 Å². The lowest BCUT2D eigenvalue weighted by Gasteiger charge is -2.12. The van der Waals surface area contributed by atoms with Crippen molar-refractivity contribution in [1.29, 1.82) is 0 Å². The summed E-state index contributed by atoms with van der Waals surface area (Å²) in [6, 6.07) is 5.48. The van der Waals surface area contributed by atoms with Crippen LogP contribution in [0.4, 0.5) is 11.4 Å². The number of carbonyl (C=O) groups excluding carboxylic acids is 1. The van der Waals surface area contributed by atoms with Crippen LogP contribution in [0.15, 0.2) is 18.2 Å². The molecule has 4 atom stereocenters. The van der Waals surface area contributed by atoms with Crippen molar-refractivity contribution in [2.45, 2.75) is 25.3 Å². The maximum Gasteiger partial charge on any atom is 0.253 e. The molecule has 1 aromatic rings. The van der Waals surface area contributed by atoms with E-state index < -0.39 is 0 Å². The normalized spacial score (nSPS) is 38.0. The second-order valence-corrected chi connectivity index (χ2v) is 6.33. The van der Waals surface area contributed by atoms with E-state index in [0.717, 1.165) is 23.7 Å². The summed E-state index contributed by atoms with van der Waals surface area (Å²) in [5.41, 5.74) is 13.1. The van der Waals surface area contributed by atoms with E-state index in [1.165, 1.54) is 19.3 Å². The average Bonchev–Trinajstić information content (AvgIpc) is 2.78. The molecule has 1 aromatic carbocycles. The second kappa shape index (κ2) is 3.65. The van der Waals surface area contributed by atoms with Gasteiger partial charge in [0.05, 0.1) is 5.56 Å². The van der Waals surface area contributed by atoms with Crippen LogP contribution in [0.2, 0.25) is 0 Å². The Morgan fingerprint density at radius 3 is 2.47 bits per heavy atom. The molecule has 100 valence electrons. The Labute approximate surface area is 112 Å². The number of benzene rings is 1. The highest BCUT2D eigenvalue weighted by atomic mass is 16.1. The van der Waals surface area contributed by atoms with Crippen LogP contribution in [-0.2, 0) is 0 Å². The lowest BCUT2D eigenvalue weighted by atomic mass is 10.0. The van der Waals surface area contributed by atoms with Crippen LogP contribution in [-0.4, -0.2) is 11.9 Å². The molecule has 4 heteroatoms. The first-order chi connectivity index (χ1) is 9.15. The van der Waals surface area contributed by atoms with Crippen molar-refractivity contribution in [2.24, 2.45) is 23.7 Å². The molecule has 0 spiro atoms. The van der Waals surface area contributed by atoms with Gasteiger partial charge in [0.25, 0.3) is 5.91 Å². The van der Waals surface area contributed by atoms with Crippen molar-refractivity contribution in [2.75, 3.05) is 11.5 Å². The fraction of sp³-hybridized carbons (Fsp3) is 0.533. The highest BCUT2D eigenvalue weighted by Gasteiger charge is 2.65. The number of nitrogen functional groups attached to an aromatic ring is 2. The summed E-state index contributed by atoms with van der Waals surface area (Å²) in [5, 5.41) is 3.17. The Morgan fingerprint density at radius 2 is 1.84 bits per heavy atom. The minimum atomic E-state index is -0.0451. The second-order valence-electron chi connectivity index (χ2n) is 6.33. The topological polar surface area (TPSA) is 81.1 Å². The van der Waals surface area contributed by atoms with Gasteiger partial charge >= 0.3 is 0 Å². The van der Waals surface area contributed by atoms with Gasteiger partial charge in [0.15, 0.2) is 0 Å². The van der Waals surface area contributed by atoms with Crippen molar-refractivity contribution in [3.05, 3.63) is 23.8 Å². The molecule has 3 aliphatic carbocycles. The summed E-state index contributed by atoms with van der Waals surface area (Å²) < 4.78 is 0. The number of hydrogen-bond donors (Lipinski definition) is 3. The molecule has 2 bridgehead atoms. The number of anilines is 2. The Hall–Kier alpha value is -1.71. The Bertz CT molecular complexity index is 540. The number of nitrogens with two attached hydrogens (primary N) is 2. The standard InChI is InChI=1S/C15H19N3O/c16-9-3-4-10(11(17)6-9)15(19)18-14-12-7-1-2-8(5-7)13(12)14/h3-4,6-8,12-14H,1-2,5,16-17H2,(H,18,19). The summed E-state index contributed by atoms with van der Waals surface area (Å²) in [6.07, 6.45) is 4.12. The van der Waals surface area contributed by atoms with Crippen LogP contribution >= 0.6 is 0 Å². The van der Waals surface area contributed by atoms with Crippen LogP contribution in [0.3, 0.4) is 0 Å². The Balaban J connectivity index is 1.48. The predicted octanol–water partition coefficient (Wildman–Crippen LogP) is 1.63. The van der Waals surface area contributed by atoms with E-state index in [9.17, 15) is 4.79 Å². The molecular weight excluding hydrogens is 238 g/mol. The van der Waals surface area contributed by atoms with Crippen LogP contribution < -0.4 is 16.8 Å². The molecule has 0 aliphatic heterocycles. The monoisotopic (exact) mass is 257 g/mol. The van der Waals surface area contributed by atoms with Gasteiger partial charge < -0.3 is 16.8 Å². The van der Waals surface area contributed by atoms with E-state index in [1.54, 1.807) is 18.2 Å². The van der Waals surface area contributed by atoms with Gasteiger partial charge in [-0.05, 0) is 61.1 Å². The van der Waals surface area contributed by atoms with Crippen LogP contribution in [0.5, 0.6) is 0 Å². The summed E-state index contributed by atoms with van der Waals surface area (Å²) >= 11 is 0. The molecule has 0 heterocycles. The molecule has 0 radical (unpaired) electrons. The number of hydrogen-bond acceptors (Lipinski definition) is 3. The summed E-state index contributed by atoms with van der Waals surface area (Å²) in [6.45, 7) is 0. The van der Waals surface area contributed by atoms with E-state index in [2.05, 4.69) is 5.32 Å². The average molecular weight is 257 g/mol. The zero-order valence-electron chi connectivity index (χ0n) is 10.8. The zero-order valence-corrected chi connectivity index (χ0v) is 10.8. The maximum atomic E-state index is 12.3. The molecule has 4 unspecified atom stereocenters. The zero-order chi connectivity index (χ0) is 13.1. The Kier molecular flexibility index (Phi) is 2.14. The molecule has 4 rings (SSSR count). The summed E-state index contributed by atoms with van der Waals surface area (Å²) in [4.78, 5) is 12.3. The molecule has 0 saturated heterocycles. The molecule has 3 aliphatic rings. The molecule has 0 aromatic heterocycles. The third kappa shape index (κ3) is 1.55. The fourth-order valence-corrected chi connectivity index (χ4v) is 4.54. The third-order valence-electron chi connectivity index (χ3n) is 5.35. The molecule has 3 fully saturated rings. The van der Waals surface area contributed by atoms with Gasteiger partial charge in [-0.2, -0.15) is 0 Å². The van der Waals surface area contributed by atoms with Gasteiger partial charge in [-0.15, -0.1) is 0 Å². The van der Waals surface area contributed by atoms with E-state index in [4.69, 9.17) is 11.5 Å². The summed E-state index contributed by atoms with van der Waals surface area (Å²) in [5.74, 6) is 3.18. The quantitative estimate of drug-likeness (QED) is 0.704. The van der Waals surface area contributed by atoms with Gasteiger partial charge in [0, 0.05) is 17.4 Å². The molecule has 4 nitrogen and oxygen atoms in total. The van der Waals surface area contributed by atoms with Gasteiger partial charge in [-0.25, -0.2) is 0 Å². The van der Waals surface area contributed by atoms with Crippen molar-refractivity contribution < 1.29 is 4.79 Å². The first-order valence-electron chi connectivity index (χ1n) is 7.11. The first-order valence-corrected chi connectivity index (χ1v) is 7.11. The van der Waals surface area contributed by atoms with Gasteiger partial charge in [0.2, 0.25) is 0 Å². The number of rotatable bonds is 2. The highest BCUT2D eigenvalue weighted by molar-refractivity contribution is 6.00. The van der Waals surface area contributed by atoms with Crippen LogP contribution in [0.25, 0.3) is 0 Å². The third-order valence-corrected chi connectivity index (χ3v) is 5.35. The molecule has 1 amide bonds. The molecular formula is C15H19N3O. The van der Waals surface area contributed by atoms with Crippen LogP contribution in [0, 0.1) is 23.7 Å². The molecule has 5 N–H and O–H groups in total.